The van der Waals surface area contributed by atoms with Gasteiger partial charge in [-0.05, 0) is 25.1 Å². The topological polar surface area (TPSA) is 35.5 Å². The minimum absolute atomic E-state index is 0.0115. The molecule has 4 heteroatoms. The van der Waals surface area contributed by atoms with E-state index in [-0.39, 0.29) is 11.0 Å². The first-order valence-corrected chi connectivity index (χ1v) is 6.67. The van der Waals surface area contributed by atoms with Gasteiger partial charge in [0.25, 0.3) is 0 Å². The van der Waals surface area contributed by atoms with Gasteiger partial charge in [-0.25, -0.2) is 0 Å². The van der Waals surface area contributed by atoms with Gasteiger partial charge in [0.2, 0.25) is 0 Å². The lowest BCUT2D eigenvalue weighted by Crippen LogP contribution is -2.15. The van der Waals surface area contributed by atoms with E-state index in [0.29, 0.717) is 19.6 Å². The van der Waals surface area contributed by atoms with Crippen molar-refractivity contribution in [3.63, 3.8) is 0 Å². The molecule has 0 saturated carbocycles. The van der Waals surface area contributed by atoms with E-state index in [0.717, 1.165) is 16.4 Å². The Morgan fingerprint density at radius 2 is 2.06 bits per heavy atom. The molecule has 1 atom stereocenters. The lowest BCUT2D eigenvalue weighted by molar-refractivity contribution is -0.117. The van der Waals surface area contributed by atoms with Gasteiger partial charge in [0.15, 0.2) is 11.5 Å². The molecule has 1 aliphatic rings. The molecule has 0 aromatic heterocycles. The van der Waals surface area contributed by atoms with Gasteiger partial charge in [0.05, 0.1) is 5.25 Å². The third-order valence-electron chi connectivity index (χ3n) is 2.63. The highest BCUT2D eigenvalue weighted by Crippen LogP contribution is 2.35. The van der Waals surface area contributed by atoms with Crippen LogP contribution in [0.4, 0.5) is 0 Å². The number of hydrogen-bond acceptors (Lipinski definition) is 4. The predicted octanol–water partition coefficient (Wildman–Crippen LogP) is 2.92. The summed E-state index contributed by atoms with van der Waals surface area (Å²) in [4.78, 5) is 12.6. The van der Waals surface area contributed by atoms with Crippen LogP contribution in [0.3, 0.4) is 0 Å². The molecule has 0 N–H and O–H groups in total. The van der Waals surface area contributed by atoms with Gasteiger partial charge in [-0.2, -0.15) is 0 Å². The lowest BCUT2D eigenvalue weighted by Gasteiger charge is -2.19. The molecule has 3 nitrogen and oxygen atoms in total. The van der Waals surface area contributed by atoms with Crippen LogP contribution in [-0.2, 0) is 4.79 Å². The molecule has 17 heavy (non-hydrogen) atoms. The monoisotopic (exact) mass is 252 g/mol. The van der Waals surface area contributed by atoms with E-state index in [9.17, 15) is 4.79 Å². The SMILES string of the molecule is CCC(=O)C(C)Sc1ccc2c(c1)OCCO2. The van der Waals surface area contributed by atoms with Crippen molar-refractivity contribution in [3.05, 3.63) is 18.2 Å². The quantitative estimate of drug-likeness (QED) is 0.772. The van der Waals surface area contributed by atoms with E-state index >= 15 is 0 Å². The van der Waals surface area contributed by atoms with Gasteiger partial charge in [-0.3, -0.25) is 4.79 Å². The number of ketones is 1. The third-order valence-corrected chi connectivity index (χ3v) is 3.77. The smallest absolute Gasteiger partial charge is 0.162 e. The Morgan fingerprint density at radius 3 is 2.76 bits per heavy atom. The molecule has 2 rings (SSSR count). The number of thioether (sulfide) groups is 1. The predicted molar refractivity (Wildman–Crippen MR) is 68.0 cm³/mol. The van der Waals surface area contributed by atoms with Crippen LogP contribution in [0, 0.1) is 0 Å². The molecule has 1 aromatic carbocycles. The van der Waals surface area contributed by atoms with Crippen molar-refractivity contribution in [2.75, 3.05) is 13.2 Å². The first kappa shape index (κ1) is 12.3. The normalized spacial score (nSPS) is 15.4. The Labute approximate surface area is 105 Å². The maximum atomic E-state index is 11.5. The van der Waals surface area contributed by atoms with Gasteiger partial charge in [-0.15, -0.1) is 11.8 Å². The molecule has 0 amide bonds. The standard InChI is InChI=1S/C13H16O3S/c1-3-11(14)9(2)17-10-4-5-12-13(8-10)16-7-6-15-12/h4-5,8-9H,3,6-7H2,1-2H3. The number of ether oxygens (including phenoxy) is 2. The average Bonchev–Trinajstić information content (AvgIpc) is 2.37. The first-order valence-electron chi connectivity index (χ1n) is 5.79. The fraction of sp³-hybridized carbons (Fsp3) is 0.462. The molecule has 1 aliphatic heterocycles. The van der Waals surface area contributed by atoms with Crippen LogP contribution in [0.2, 0.25) is 0 Å². The Kier molecular flexibility index (Phi) is 3.94. The summed E-state index contributed by atoms with van der Waals surface area (Å²) in [5, 5.41) is -0.0115. The zero-order valence-corrected chi connectivity index (χ0v) is 10.9. The van der Waals surface area contributed by atoms with Gasteiger partial charge in [-0.1, -0.05) is 6.92 Å². The maximum absolute atomic E-state index is 11.5. The van der Waals surface area contributed by atoms with Crippen molar-refractivity contribution < 1.29 is 14.3 Å². The van der Waals surface area contributed by atoms with Crippen molar-refractivity contribution in [1.82, 2.24) is 0 Å². The van der Waals surface area contributed by atoms with Gasteiger partial charge in [0.1, 0.15) is 19.0 Å². The summed E-state index contributed by atoms with van der Waals surface area (Å²) in [6.45, 7) is 5.02. The summed E-state index contributed by atoms with van der Waals surface area (Å²) >= 11 is 1.56. The Bertz CT molecular complexity index is 417. The van der Waals surface area contributed by atoms with E-state index in [1.807, 2.05) is 32.0 Å². The maximum Gasteiger partial charge on any atom is 0.162 e. The molecule has 0 radical (unpaired) electrons. The van der Waals surface area contributed by atoms with E-state index in [4.69, 9.17) is 9.47 Å². The van der Waals surface area contributed by atoms with E-state index < -0.39 is 0 Å². The summed E-state index contributed by atoms with van der Waals surface area (Å²) in [5.74, 6) is 1.83. The number of fused-ring (bicyclic) bond motifs is 1. The first-order chi connectivity index (χ1) is 8.20. The molecule has 1 unspecified atom stereocenters. The molecule has 1 aromatic rings. The summed E-state index contributed by atoms with van der Waals surface area (Å²) in [7, 11) is 0. The van der Waals surface area contributed by atoms with Crippen molar-refractivity contribution in [3.8, 4) is 11.5 Å². The highest BCUT2D eigenvalue weighted by atomic mass is 32.2. The largest absolute Gasteiger partial charge is 0.486 e. The van der Waals surface area contributed by atoms with E-state index in [2.05, 4.69) is 0 Å². The number of carbonyl (C=O) groups is 1. The van der Waals surface area contributed by atoms with Crippen LogP contribution >= 0.6 is 11.8 Å². The molecule has 0 aliphatic carbocycles. The summed E-state index contributed by atoms with van der Waals surface area (Å²) in [6, 6.07) is 5.82. The molecule has 1 heterocycles. The van der Waals surface area contributed by atoms with Crippen LogP contribution in [0.25, 0.3) is 0 Å². The van der Waals surface area contributed by atoms with Crippen molar-refractivity contribution in [2.24, 2.45) is 0 Å². The molecule has 0 bridgehead atoms. The van der Waals surface area contributed by atoms with Crippen molar-refractivity contribution >= 4 is 17.5 Å². The molecule has 0 spiro atoms. The number of hydrogen-bond donors (Lipinski definition) is 0. The van der Waals surface area contributed by atoms with Crippen molar-refractivity contribution in [2.45, 2.75) is 30.4 Å². The molecule has 0 fully saturated rings. The third kappa shape index (κ3) is 2.94. The Balaban J connectivity index is 2.09. The van der Waals surface area contributed by atoms with Crippen LogP contribution in [0.15, 0.2) is 23.1 Å². The molecule has 0 saturated heterocycles. The highest BCUT2D eigenvalue weighted by Gasteiger charge is 2.15. The van der Waals surface area contributed by atoms with Crippen LogP contribution in [0.1, 0.15) is 20.3 Å². The minimum Gasteiger partial charge on any atom is -0.486 e. The summed E-state index contributed by atoms with van der Waals surface area (Å²) in [6.07, 6.45) is 0.582. The number of rotatable bonds is 4. The van der Waals surface area contributed by atoms with Crippen LogP contribution < -0.4 is 9.47 Å². The molecule has 92 valence electrons. The number of Topliss-reactive ketones (excluding diaryl/α,β-unsaturated/α-hetero) is 1. The van der Waals surface area contributed by atoms with Gasteiger partial charge < -0.3 is 9.47 Å². The lowest BCUT2D eigenvalue weighted by atomic mass is 10.2. The van der Waals surface area contributed by atoms with Crippen LogP contribution in [0.5, 0.6) is 11.5 Å². The number of benzene rings is 1. The second-order valence-electron chi connectivity index (χ2n) is 3.89. The van der Waals surface area contributed by atoms with Crippen molar-refractivity contribution in [1.29, 1.82) is 0 Å². The van der Waals surface area contributed by atoms with E-state index in [1.165, 1.54) is 0 Å². The second kappa shape index (κ2) is 5.45. The van der Waals surface area contributed by atoms with E-state index in [1.54, 1.807) is 11.8 Å². The summed E-state index contributed by atoms with van der Waals surface area (Å²) < 4.78 is 11.0. The zero-order chi connectivity index (χ0) is 12.3. The molecular weight excluding hydrogens is 236 g/mol. The van der Waals surface area contributed by atoms with Gasteiger partial charge in [0, 0.05) is 11.3 Å². The van der Waals surface area contributed by atoms with Crippen LogP contribution in [-0.4, -0.2) is 24.2 Å². The fourth-order valence-corrected chi connectivity index (χ4v) is 2.68. The zero-order valence-electron chi connectivity index (χ0n) is 10.1. The molecular formula is C13H16O3S. The number of carbonyl (C=O) groups excluding carboxylic acids is 1. The minimum atomic E-state index is -0.0115. The second-order valence-corrected chi connectivity index (χ2v) is 5.30. The summed E-state index contributed by atoms with van der Waals surface area (Å²) in [5.41, 5.74) is 0. The highest BCUT2D eigenvalue weighted by molar-refractivity contribution is 8.00. The van der Waals surface area contributed by atoms with Gasteiger partial charge >= 0.3 is 0 Å². The Morgan fingerprint density at radius 1 is 1.35 bits per heavy atom. The Hall–Kier alpha value is -1.16. The fourth-order valence-electron chi connectivity index (χ4n) is 1.65. The average molecular weight is 252 g/mol.